The lowest BCUT2D eigenvalue weighted by Crippen LogP contribution is -2.32. The van der Waals surface area contributed by atoms with Crippen LogP contribution in [0.5, 0.6) is 0 Å². The predicted molar refractivity (Wildman–Crippen MR) is 73.4 cm³/mol. The summed E-state index contributed by atoms with van der Waals surface area (Å²) in [6.45, 7) is 6.28. The van der Waals surface area contributed by atoms with Gasteiger partial charge in [0.05, 0.1) is 13.7 Å². The first-order chi connectivity index (χ1) is 7.88. The Morgan fingerprint density at radius 2 is 1.94 bits per heavy atom. The highest BCUT2D eigenvalue weighted by atomic mass is 32.2. The van der Waals surface area contributed by atoms with E-state index in [1.807, 2.05) is 6.07 Å². The second-order valence-corrected chi connectivity index (χ2v) is 8.84. The first-order valence-electron chi connectivity index (χ1n) is 5.97. The Kier molecular flexibility index (Phi) is 4.91. The third kappa shape index (κ3) is 3.66. The molecule has 0 saturated carbocycles. The average Bonchev–Trinajstić information content (AvgIpc) is 2.24. The lowest BCUT2D eigenvalue weighted by atomic mass is 10.1. The summed E-state index contributed by atoms with van der Waals surface area (Å²) in [5.74, 6) is 0. The Morgan fingerprint density at radius 1 is 1.29 bits per heavy atom. The molecule has 1 rings (SSSR count). The minimum absolute atomic E-state index is 0.118. The van der Waals surface area contributed by atoms with Crippen molar-refractivity contribution in [3.05, 3.63) is 23.8 Å². The maximum absolute atomic E-state index is 11.4. The number of rotatable bonds is 5. The molecule has 96 valence electrons. The molecular formula is C12H20O3SSi. The van der Waals surface area contributed by atoms with Crippen LogP contribution in [0, 0.1) is 0 Å². The zero-order valence-corrected chi connectivity index (χ0v) is 12.6. The van der Waals surface area contributed by atoms with Gasteiger partial charge in [-0.05, 0) is 29.7 Å². The van der Waals surface area contributed by atoms with Crippen LogP contribution >= 0.6 is 0 Å². The number of unbranched alkanes of at least 4 members (excludes halogenated alkanes) is 1. The average molecular weight is 272 g/mol. The molecule has 17 heavy (non-hydrogen) atoms. The highest BCUT2D eigenvalue weighted by molar-refractivity contribution is 7.86. The molecule has 1 N–H and O–H groups in total. The van der Waals surface area contributed by atoms with Crippen LogP contribution in [0.1, 0.15) is 25.3 Å². The topological polar surface area (TPSA) is 54.4 Å². The first-order valence-corrected chi connectivity index (χ1v) is 10.3. The fraction of sp³-hybridized carbons (Fsp3) is 0.500. The third-order valence-corrected chi connectivity index (χ3v) is 5.77. The lowest BCUT2D eigenvalue weighted by Gasteiger charge is -2.15. The second kappa shape index (κ2) is 5.80. The zero-order chi connectivity index (χ0) is 13.1. The smallest absolute Gasteiger partial charge is 0.282 e. The molecule has 0 spiro atoms. The van der Waals surface area contributed by atoms with Crippen LogP contribution in [0.3, 0.4) is 0 Å². The van der Waals surface area contributed by atoms with Gasteiger partial charge in [-0.25, -0.2) is 0 Å². The molecule has 0 heterocycles. The molecule has 0 aliphatic heterocycles. The molecule has 3 nitrogen and oxygen atoms in total. The monoisotopic (exact) mass is 272 g/mol. The summed E-state index contributed by atoms with van der Waals surface area (Å²) in [5.41, 5.74) is 1.09. The van der Waals surface area contributed by atoms with E-state index in [9.17, 15) is 13.0 Å². The molecule has 5 heteroatoms. The zero-order valence-electron chi connectivity index (χ0n) is 10.6. The Bertz CT molecular complexity index is 481. The van der Waals surface area contributed by atoms with Gasteiger partial charge in [0.1, 0.15) is 0 Å². The van der Waals surface area contributed by atoms with Crippen molar-refractivity contribution in [1.82, 2.24) is 0 Å². The van der Waals surface area contributed by atoms with E-state index in [1.54, 1.807) is 6.07 Å². The van der Waals surface area contributed by atoms with E-state index < -0.39 is 18.9 Å². The van der Waals surface area contributed by atoms with Gasteiger partial charge in [-0.2, -0.15) is 8.42 Å². The van der Waals surface area contributed by atoms with E-state index >= 15 is 0 Å². The normalized spacial score (nSPS) is 12.1. The Balaban J connectivity index is 3.33. The van der Waals surface area contributed by atoms with Crippen molar-refractivity contribution in [2.24, 2.45) is 0 Å². The molecule has 0 amide bonds. The summed E-state index contributed by atoms with van der Waals surface area (Å²) < 4.78 is 32.0. The maximum Gasteiger partial charge on any atom is 0.294 e. The highest BCUT2D eigenvalue weighted by Crippen LogP contribution is 2.12. The van der Waals surface area contributed by atoms with E-state index in [-0.39, 0.29) is 4.90 Å². The molecular weight excluding hydrogens is 252 g/mol. The predicted octanol–water partition coefficient (Wildman–Crippen LogP) is 1.97. The molecule has 0 aromatic heterocycles. The van der Waals surface area contributed by atoms with Gasteiger partial charge >= 0.3 is 0 Å². The highest BCUT2D eigenvalue weighted by Gasteiger charge is 2.20. The molecule has 0 saturated heterocycles. The molecule has 0 bridgehead atoms. The summed E-state index contributed by atoms with van der Waals surface area (Å²) >= 11 is 0. The van der Waals surface area contributed by atoms with Crippen molar-refractivity contribution in [1.29, 1.82) is 0 Å². The van der Waals surface area contributed by atoms with Gasteiger partial charge in [0.2, 0.25) is 0 Å². The molecule has 0 unspecified atom stereocenters. The third-order valence-electron chi connectivity index (χ3n) is 2.81. The summed E-state index contributed by atoms with van der Waals surface area (Å²) in [6, 6.07) is 5.20. The Morgan fingerprint density at radius 3 is 2.41 bits per heavy atom. The van der Waals surface area contributed by atoms with Crippen molar-refractivity contribution >= 4 is 24.1 Å². The number of benzene rings is 1. The maximum atomic E-state index is 11.4. The van der Waals surface area contributed by atoms with Crippen molar-refractivity contribution in [2.75, 3.05) is 0 Å². The quantitative estimate of drug-likeness (QED) is 0.658. The minimum atomic E-state index is -4.09. The minimum Gasteiger partial charge on any atom is -0.282 e. The van der Waals surface area contributed by atoms with Crippen molar-refractivity contribution < 1.29 is 13.0 Å². The number of hydrogen-bond acceptors (Lipinski definition) is 2. The fourth-order valence-electron chi connectivity index (χ4n) is 2.05. The van der Waals surface area contributed by atoms with E-state index in [1.165, 1.54) is 6.07 Å². The standard InChI is InChI=1S/C12H20O3SSi/c1-4-5-7-10-8-6-9-11(16(13,14)15)12(10)17(2)3/h6,8-9,17H,4-5,7H2,1-3H3,(H,13,14,15). The molecule has 0 radical (unpaired) electrons. The fourth-order valence-corrected chi connectivity index (χ4v) is 5.52. The largest absolute Gasteiger partial charge is 0.294 e. The second-order valence-electron chi connectivity index (χ2n) is 4.56. The van der Waals surface area contributed by atoms with E-state index in [0.717, 1.165) is 30.0 Å². The lowest BCUT2D eigenvalue weighted by molar-refractivity contribution is 0.483. The van der Waals surface area contributed by atoms with Crippen LogP contribution in [0.4, 0.5) is 0 Å². The van der Waals surface area contributed by atoms with Crippen molar-refractivity contribution in [3.63, 3.8) is 0 Å². The summed E-state index contributed by atoms with van der Waals surface area (Å²) in [6.07, 6.45) is 3.01. The van der Waals surface area contributed by atoms with Crippen LogP contribution in [0.2, 0.25) is 13.1 Å². The molecule has 1 aromatic rings. The van der Waals surface area contributed by atoms with Gasteiger partial charge in [0.25, 0.3) is 10.1 Å². The van der Waals surface area contributed by atoms with Gasteiger partial charge in [-0.3, -0.25) is 4.55 Å². The van der Waals surface area contributed by atoms with Gasteiger partial charge in [-0.1, -0.05) is 38.6 Å². The molecule has 0 fully saturated rings. The molecule has 0 aliphatic carbocycles. The van der Waals surface area contributed by atoms with E-state index in [0.29, 0.717) is 0 Å². The number of hydrogen-bond donors (Lipinski definition) is 1. The van der Waals surface area contributed by atoms with Crippen LogP contribution in [-0.4, -0.2) is 21.8 Å². The van der Waals surface area contributed by atoms with Crippen LogP contribution < -0.4 is 5.19 Å². The molecule has 0 aliphatic rings. The molecule has 0 atom stereocenters. The summed E-state index contributed by atoms with van der Waals surface area (Å²) in [4.78, 5) is 0.118. The van der Waals surface area contributed by atoms with E-state index in [4.69, 9.17) is 0 Å². The van der Waals surface area contributed by atoms with Gasteiger partial charge in [0, 0.05) is 0 Å². The SMILES string of the molecule is CCCCc1cccc(S(=O)(=O)O)c1[SiH](C)C. The van der Waals surface area contributed by atoms with Crippen molar-refractivity contribution in [2.45, 2.75) is 44.2 Å². The Labute approximate surface area is 105 Å². The first kappa shape index (κ1) is 14.4. The number of aryl methyl sites for hydroxylation is 1. The summed E-state index contributed by atoms with van der Waals surface area (Å²) in [7, 11) is -5.38. The molecule has 1 aromatic carbocycles. The van der Waals surface area contributed by atoms with Crippen LogP contribution in [-0.2, 0) is 16.5 Å². The Hall–Kier alpha value is -0.653. The van der Waals surface area contributed by atoms with Crippen LogP contribution in [0.15, 0.2) is 23.1 Å². The summed E-state index contributed by atoms with van der Waals surface area (Å²) in [5, 5.41) is 0.892. The van der Waals surface area contributed by atoms with Gasteiger partial charge in [-0.15, -0.1) is 0 Å². The van der Waals surface area contributed by atoms with Crippen molar-refractivity contribution in [3.8, 4) is 0 Å². The van der Waals surface area contributed by atoms with E-state index in [2.05, 4.69) is 20.0 Å². The van der Waals surface area contributed by atoms with Crippen LogP contribution in [0.25, 0.3) is 0 Å². The van der Waals surface area contributed by atoms with Gasteiger partial charge < -0.3 is 0 Å². The van der Waals surface area contributed by atoms with Gasteiger partial charge in [0.15, 0.2) is 0 Å².